The fraction of sp³-hybridized carbons (Fsp3) is 0.929. The summed E-state index contributed by atoms with van der Waals surface area (Å²) in [5.74, 6) is -0.738. The van der Waals surface area contributed by atoms with E-state index in [1.54, 1.807) is 0 Å². The van der Waals surface area contributed by atoms with Crippen LogP contribution in [0.15, 0.2) is 0 Å². The van der Waals surface area contributed by atoms with Crippen LogP contribution >= 0.6 is 0 Å². The maximum atomic E-state index is 11.3. The molecule has 0 aromatic carbocycles. The molecule has 0 saturated heterocycles. The zero-order valence-electron chi connectivity index (χ0n) is 12.0. The van der Waals surface area contributed by atoms with Crippen molar-refractivity contribution < 1.29 is 9.90 Å². The van der Waals surface area contributed by atoms with Gasteiger partial charge < -0.3 is 10.4 Å². The second kappa shape index (κ2) is 7.74. The standard InChI is InChI=1S/C14H28N2O2/c1-4-16(12-8-6-5-7-9-12)10-13(14(17)18)15-11(2)3/h11-13,15H,4-10H2,1-3H3,(H,17,18). The Morgan fingerprint density at radius 2 is 1.94 bits per heavy atom. The van der Waals surface area contributed by atoms with Crippen LogP contribution in [0.4, 0.5) is 0 Å². The number of nitrogens with one attached hydrogen (secondary N) is 1. The van der Waals surface area contributed by atoms with Crippen LogP contribution in [0.25, 0.3) is 0 Å². The van der Waals surface area contributed by atoms with Crippen molar-refractivity contribution in [2.75, 3.05) is 13.1 Å². The number of carboxylic acids is 1. The van der Waals surface area contributed by atoms with Crippen LogP contribution in [0.3, 0.4) is 0 Å². The third-order valence-electron chi connectivity index (χ3n) is 3.75. The van der Waals surface area contributed by atoms with Gasteiger partial charge in [0.05, 0.1) is 0 Å². The average molecular weight is 256 g/mol. The molecular formula is C14H28N2O2. The lowest BCUT2D eigenvalue weighted by molar-refractivity contribution is -0.140. The number of rotatable bonds is 7. The smallest absolute Gasteiger partial charge is 0.322 e. The minimum absolute atomic E-state index is 0.205. The molecule has 4 nitrogen and oxygen atoms in total. The molecule has 0 aromatic rings. The molecule has 0 heterocycles. The molecule has 2 N–H and O–H groups in total. The van der Waals surface area contributed by atoms with Crippen LogP contribution in [0.1, 0.15) is 52.9 Å². The van der Waals surface area contributed by atoms with Gasteiger partial charge in [-0.15, -0.1) is 0 Å². The number of hydrogen-bond donors (Lipinski definition) is 2. The molecule has 106 valence electrons. The van der Waals surface area contributed by atoms with Crippen LogP contribution in [0.5, 0.6) is 0 Å². The topological polar surface area (TPSA) is 52.6 Å². The number of aliphatic carboxylic acids is 1. The zero-order chi connectivity index (χ0) is 13.5. The summed E-state index contributed by atoms with van der Waals surface area (Å²) in [7, 11) is 0. The first-order chi connectivity index (χ1) is 8.54. The van der Waals surface area contributed by atoms with E-state index < -0.39 is 12.0 Å². The summed E-state index contributed by atoms with van der Waals surface area (Å²) in [4.78, 5) is 13.6. The lowest BCUT2D eigenvalue weighted by Crippen LogP contribution is -2.51. The Balaban J connectivity index is 2.54. The molecular weight excluding hydrogens is 228 g/mol. The Kier molecular flexibility index (Phi) is 6.65. The molecule has 0 radical (unpaired) electrons. The number of nitrogens with zero attached hydrogens (tertiary/aromatic N) is 1. The predicted octanol–water partition coefficient (Wildman–Crippen LogP) is 2.09. The monoisotopic (exact) mass is 256 g/mol. The van der Waals surface area contributed by atoms with Gasteiger partial charge >= 0.3 is 5.97 Å². The second-order valence-corrected chi connectivity index (χ2v) is 5.59. The van der Waals surface area contributed by atoms with Crippen molar-refractivity contribution in [3.05, 3.63) is 0 Å². The van der Waals surface area contributed by atoms with Crippen molar-refractivity contribution in [3.63, 3.8) is 0 Å². The fourth-order valence-electron chi connectivity index (χ4n) is 2.82. The molecule has 1 atom stereocenters. The van der Waals surface area contributed by atoms with E-state index in [2.05, 4.69) is 17.1 Å². The van der Waals surface area contributed by atoms with Crippen LogP contribution < -0.4 is 5.32 Å². The van der Waals surface area contributed by atoms with E-state index in [-0.39, 0.29) is 6.04 Å². The third kappa shape index (κ3) is 4.94. The fourth-order valence-corrected chi connectivity index (χ4v) is 2.82. The molecule has 0 bridgehead atoms. The molecule has 4 heteroatoms. The summed E-state index contributed by atoms with van der Waals surface area (Å²) >= 11 is 0. The summed E-state index contributed by atoms with van der Waals surface area (Å²) in [5, 5.41) is 12.4. The molecule has 1 rings (SSSR count). The van der Waals surface area contributed by atoms with Crippen LogP contribution in [0, 0.1) is 0 Å². The molecule has 1 saturated carbocycles. The highest BCUT2D eigenvalue weighted by molar-refractivity contribution is 5.73. The van der Waals surface area contributed by atoms with Crippen molar-refractivity contribution >= 4 is 5.97 Å². The van der Waals surface area contributed by atoms with Gasteiger partial charge in [-0.1, -0.05) is 40.0 Å². The summed E-state index contributed by atoms with van der Waals surface area (Å²) in [6.07, 6.45) is 6.36. The van der Waals surface area contributed by atoms with Gasteiger partial charge in [0.1, 0.15) is 6.04 Å². The van der Waals surface area contributed by atoms with E-state index in [4.69, 9.17) is 0 Å². The van der Waals surface area contributed by atoms with Gasteiger partial charge in [-0.25, -0.2) is 0 Å². The van der Waals surface area contributed by atoms with E-state index in [0.717, 1.165) is 6.54 Å². The first-order valence-electron chi connectivity index (χ1n) is 7.27. The van der Waals surface area contributed by atoms with Crippen LogP contribution in [-0.4, -0.2) is 47.2 Å². The SMILES string of the molecule is CCN(CC(NC(C)C)C(=O)O)C1CCCCC1. The third-order valence-corrected chi connectivity index (χ3v) is 3.75. The van der Waals surface area contributed by atoms with Gasteiger partial charge in [-0.2, -0.15) is 0 Å². The van der Waals surface area contributed by atoms with Crippen molar-refractivity contribution in [2.45, 2.75) is 71.0 Å². The van der Waals surface area contributed by atoms with Crippen LogP contribution in [0.2, 0.25) is 0 Å². The molecule has 18 heavy (non-hydrogen) atoms. The normalized spacial score (nSPS) is 19.4. The Morgan fingerprint density at radius 3 is 2.39 bits per heavy atom. The van der Waals surface area contributed by atoms with E-state index in [1.807, 2.05) is 13.8 Å². The lowest BCUT2D eigenvalue weighted by atomic mass is 9.94. The first kappa shape index (κ1) is 15.4. The largest absolute Gasteiger partial charge is 0.480 e. The minimum atomic E-state index is -0.738. The maximum absolute atomic E-state index is 11.3. The highest BCUT2D eigenvalue weighted by atomic mass is 16.4. The quantitative estimate of drug-likeness (QED) is 0.732. The van der Waals surface area contributed by atoms with E-state index in [0.29, 0.717) is 12.6 Å². The summed E-state index contributed by atoms with van der Waals surface area (Å²) in [5.41, 5.74) is 0. The van der Waals surface area contributed by atoms with Gasteiger partial charge in [0.2, 0.25) is 0 Å². The highest BCUT2D eigenvalue weighted by Gasteiger charge is 2.26. The summed E-state index contributed by atoms with van der Waals surface area (Å²) in [6.45, 7) is 7.67. The van der Waals surface area contributed by atoms with E-state index in [1.165, 1.54) is 32.1 Å². The summed E-state index contributed by atoms with van der Waals surface area (Å²) in [6, 6.07) is 0.336. The number of carbonyl (C=O) groups is 1. The number of hydrogen-bond acceptors (Lipinski definition) is 3. The molecule has 1 fully saturated rings. The van der Waals surface area contributed by atoms with Gasteiger partial charge in [0.15, 0.2) is 0 Å². The molecule has 1 aliphatic rings. The maximum Gasteiger partial charge on any atom is 0.322 e. The first-order valence-corrected chi connectivity index (χ1v) is 7.27. The molecule has 1 aliphatic carbocycles. The zero-order valence-corrected chi connectivity index (χ0v) is 12.0. The van der Waals surface area contributed by atoms with Crippen LogP contribution in [-0.2, 0) is 4.79 Å². The van der Waals surface area contributed by atoms with Gasteiger partial charge in [-0.3, -0.25) is 9.69 Å². The van der Waals surface area contributed by atoms with E-state index >= 15 is 0 Å². The van der Waals surface area contributed by atoms with Crippen molar-refractivity contribution in [3.8, 4) is 0 Å². The van der Waals surface area contributed by atoms with Gasteiger partial charge in [0, 0.05) is 18.6 Å². The van der Waals surface area contributed by atoms with E-state index in [9.17, 15) is 9.90 Å². The van der Waals surface area contributed by atoms with Gasteiger partial charge in [0.25, 0.3) is 0 Å². The second-order valence-electron chi connectivity index (χ2n) is 5.59. The Hall–Kier alpha value is -0.610. The predicted molar refractivity (Wildman–Crippen MR) is 73.8 cm³/mol. The van der Waals surface area contributed by atoms with Gasteiger partial charge in [-0.05, 0) is 19.4 Å². The molecule has 1 unspecified atom stereocenters. The minimum Gasteiger partial charge on any atom is -0.480 e. The average Bonchev–Trinajstić information content (AvgIpc) is 2.34. The Morgan fingerprint density at radius 1 is 1.33 bits per heavy atom. The molecule has 0 aromatic heterocycles. The molecule has 0 amide bonds. The van der Waals surface area contributed by atoms with Crippen molar-refractivity contribution in [1.82, 2.24) is 10.2 Å². The lowest BCUT2D eigenvalue weighted by Gasteiger charge is -2.35. The van der Waals surface area contributed by atoms with Crippen molar-refractivity contribution in [1.29, 1.82) is 0 Å². The molecule has 0 spiro atoms. The Bertz CT molecular complexity index is 250. The highest BCUT2D eigenvalue weighted by Crippen LogP contribution is 2.22. The van der Waals surface area contributed by atoms with Crippen molar-refractivity contribution in [2.24, 2.45) is 0 Å². The summed E-state index contributed by atoms with van der Waals surface area (Å²) < 4.78 is 0. The number of likely N-dealkylation sites (N-methyl/N-ethyl adjacent to an activating group) is 1. The number of carboxylic acid groups (broad SMARTS) is 1. The Labute approximate surface area is 111 Å². The molecule has 0 aliphatic heterocycles.